The van der Waals surface area contributed by atoms with Gasteiger partial charge in [0.2, 0.25) is 10.0 Å². The van der Waals surface area contributed by atoms with E-state index in [1.807, 2.05) is 17.8 Å². The van der Waals surface area contributed by atoms with Crippen LogP contribution >= 0.6 is 23.1 Å². The predicted octanol–water partition coefficient (Wildman–Crippen LogP) is 3.63. The lowest BCUT2D eigenvalue weighted by molar-refractivity contribution is 0.381. The van der Waals surface area contributed by atoms with E-state index in [1.165, 1.54) is 12.0 Å². The Hall–Kier alpha value is -1.22. The van der Waals surface area contributed by atoms with Gasteiger partial charge in [0.25, 0.3) is 0 Å². The Labute approximate surface area is 157 Å². The number of hydrogen-bond acceptors (Lipinski definition) is 6. The molecule has 2 heterocycles. The van der Waals surface area contributed by atoms with E-state index in [0.29, 0.717) is 29.8 Å². The summed E-state index contributed by atoms with van der Waals surface area (Å²) in [5.41, 5.74) is 0. The maximum atomic E-state index is 13.1. The fourth-order valence-corrected chi connectivity index (χ4v) is 6.76. The van der Waals surface area contributed by atoms with Gasteiger partial charge in [-0.15, -0.1) is 11.3 Å². The standard InChI is InChI=1S/C17H21NO4S3/c1-21-13-5-6-17(14(12-13)22-2)25(19,20)18-8-7-16(24-11-9-18)15-4-3-10-23-15/h3-6,10,12,16H,7-9,11H2,1-2H3. The molecule has 0 radical (unpaired) electrons. The average molecular weight is 400 g/mol. The van der Waals surface area contributed by atoms with Crippen LogP contribution in [0.2, 0.25) is 0 Å². The smallest absolute Gasteiger partial charge is 0.246 e. The SMILES string of the molecule is COc1ccc(S(=O)(=O)N2CCSC(c3cccs3)CC2)c(OC)c1. The molecule has 3 rings (SSSR count). The number of thioether (sulfide) groups is 1. The van der Waals surface area contributed by atoms with Gasteiger partial charge in [-0.3, -0.25) is 0 Å². The molecule has 1 saturated heterocycles. The van der Waals surface area contributed by atoms with E-state index in [2.05, 4.69) is 11.4 Å². The molecule has 136 valence electrons. The molecule has 0 bridgehead atoms. The van der Waals surface area contributed by atoms with Crippen LogP contribution in [0.15, 0.2) is 40.6 Å². The lowest BCUT2D eigenvalue weighted by Gasteiger charge is -2.21. The zero-order valence-corrected chi connectivity index (χ0v) is 16.6. The Morgan fingerprint density at radius 2 is 2.00 bits per heavy atom. The molecule has 1 atom stereocenters. The third-order valence-electron chi connectivity index (χ3n) is 4.15. The summed E-state index contributed by atoms with van der Waals surface area (Å²) in [5, 5.41) is 2.43. The van der Waals surface area contributed by atoms with Crippen LogP contribution in [0.25, 0.3) is 0 Å². The molecule has 1 aromatic carbocycles. The first-order valence-corrected chi connectivity index (χ1v) is 11.3. The molecule has 0 saturated carbocycles. The number of ether oxygens (including phenoxy) is 2. The summed E-state index contributed by atoms with van der Waals surface area (Å²) in [6.07, 6.45) is 0.808. The number of hydrogen-bond donors (Lipinski definition) is 0. The van der Waals surface area contributed by atoms with E-state index in [9.17, 15) is 8.42 Å². The van der Waals surface area contributed by atoms with E-state index < -0.39 is 10.0 Å². The second-order valence-corrected chi connectivity index (χ2v) is 9.78. The van der Waals surface area contributed by atoms with Gasteiger partial charge in [-0.25, -0.2) is 8.42 Å². The van der Waals surface area contributed by atoms with E-state index in [4.69, 9.17) is 9.47 Å². The summed E-state index contributed by atoms with van der Waals surface area (Å²) in [6.45, 7) is 1.01. The minimum Gasteiger partial charge on any atom is -0.497 e. The van der Waals surface area contributed by atoms with Gasteiger partial charge in [0, 0.05) is 35.0 Å². The van der Waals surface area contributed by atoms with E-state index in [0.717, 1.165) is 12.2 Å². The van der Waals surface area contributed by atoms with Crippen molar-refractivity contribution >= 4 is 33.1 Å². The third-order valence-corrected chi connectivity index (χ3v) is 8.53. The van der Waals surface area contributed by atoms with Crippen LogP contribution in [0.5, 0.6) is 11.5 Å². The average Bonchev–Trinajstić information content (AvgIpc) is 3.05. The fourth-order valence-electron chi connectivity index (χ4n) is 2.82. The van der Waals surface area contributed by atoms with Gasteiger partial charge >= 0.3 is 0 Å². The Kier molecular flexibility index (Phi) is 5.93. The molecule has 1 fully saturated rings. The van der Waals surface area contributed by atoms with Crippen LogP contribution in [0.4, 0.5) is 0 Å². The number of methoxy groups -OCH3 is 2. The molecule has 0 amide bonds. The van der Waals surface area contributed by atoms with Gasteiger partial charge in [0.1, 0.15) is 16.4 Å². The summed E-state index contributed by atoms with van der Waals surface area (Å²) in [7, 11) is -0.590. The van der Waals surface area contributed by atoms with E-state index >= 15 is 0 Å². The van der Waals surface area contributed by atoms with Crippen LogP contribution in [0.1, 0.15) is 16.5 Å². The zero-order valence-electron chi connectivity index (χ0n) is 14.2. The van der Waals surface area contributed by atoms with Crippen molar-refractivity contribution in [3.63, 3.8) is 0 Å². The maximum Gasteiger partial charge on any atom is 0.246 e. The first-order valence-electron chi connectivity index (χ1n) is 7.93. The minimum atomic E-state index is -3.60. The van der Waals surface area contributed by atoms with Crippen molar-refractivity contribution < 1.29 is 17.9 Å². The second kappa shape index (κ2) is 7.99. The first kappa shape index (κ1) is 18.6. The van der Waals surface area contributed by atoms with Crippen LogP contribution in [-0.4, -0.2) is 45.8 Å². The molecule has 5 nitrogen and oxygen atoms in total. The number of rotatable bonds is 5. The second-order valence-electron chi connectivity index (χ2n) is 5.58. The summed E-state index contributed by atoms with van der Waals surface area (Å²) < 4.78 is 38.2. The van der Waals surface area contributed by atoms with Gasteiger partial charge in [0.05, 0.1) is 14.2 Å². The van der Waals surface area contributed by atoms with Crippen molar-refractivity contribution in [2.45, 2.75) is 16.6 Å². The molecule has 0 spiro atoms. The number of thiophene rings is 1. The summed E-state index contributed by atoms with van der Waals surface area (Å²) in [4.78, 5) is 1.50. The minimum absolute atomic E-state index is 0.190. The predicted molar refractivity (Wildman–Crippen MR) is 102 cm³/mol. The number of sulfonamides is 1. The van der Waals surface area contributed by atoms with E-state index in [-0.39, 0.29) is 4.90 Å². The maximum absolute atomic E-state index is 13.1. The topological polar surface area (TPSA) is 55.8 Å². The Bertz CT molecular complexity index is 805. The van der Waals surface area contributed by atoms with Crippen molar-refractivity contribution in [2.75, 3.05) is 33.1 Å². The highest BCUT2D eigenvalue weighted by atomic mass is 32.2. The van der Waals surface area contributed by atoms with Crippen LogP contribution in [0, 0.1) is 0 Å². The molecule has 1 aromatic heterocycles. The van der Waals surface area contributed by atoms with Crippen LogP contribution in [0.3, 0.4) is 0 Å². The molecule has 1 unspecified atom stereocenters. The molecular formula is C17H21NO4S3. The van der Waals surface area contributed by atoms with Crippen molar-refractivity contribution in [3.8, 4) is 11.5 Å². The van der Waals surface area contributed by atoms with Crippen LogP contribution in [-0.2, 0) is 10.0 Å². The molecule has 25 heavy (non-hydrogen) atoms. The molecular weight excluding hydrogens is 378 g/mol. The van der Waals surface area contributed by atoms with Gasteiger partial charge in [-0.2, -0.15) is 16.1 Å². The fraction of sp³-hybridized carbons (Fsp3) is 0.412. The highest BCUT2D eigenvalue weighted by Gasteiger charge is 2.31. The summed E-state index contributed by atoms with van der Waals surface area (Å²) >= 11 is 3.56. The van der Waals surface area contributed by atoms with Crippen molar-refractivity contribution in [2.24, 2.45) is 0 Å². The lowest BCUT2D eigenvalue weighted by Crippen LogP contribution is -2.33. The zero-order chi connectivity index (χ0) is 17.9. The van der Waals surface area contributed by atoms with Gasteiger partial charge in [-0.05, 0) is 30.0 Å². The third kappa shape index (κ3) is 3.97. The molecule has 1 aliphatic rings. The monoisotopic (exact) mass is 399 g/mol. The Morgan fingerprint density at radius 1 is 1.16 bits per heavy atom. The quantitative estimate of drug-likeness (QED) is 0.768. The summed E-state index contributed by atoms with van der Waals surface area (Å²) in [5.74, 6) is 1.66. The highest BCUT2D eigenvalue weighted by Crippen LogP contribution is 2.38. The van der Waals surface area contributed by atoms with Crippen molar-refractivity contribution in [1.29, 1.82) is 0 Å². The highest BCUT2D eigenvalue weighted by molar-refractivity contribution is 7.99. The lowest BCUT2D eigenvalue weighted by atomic mass is 10.2. The van der Waals surface area contributed by atoms with Crippen molar-refractivity contribution in [1.82, 2.24) is 4.31 Å². The number of benzene rings is 1. The Morgan fingerprint density at radius 3 is 2.68 bits per heavy atom. The molecule has 8 heteroatoms. The molecule has 0 aliphatic carbocycles. The molecule has 0 N–H and O–H groups in total. The van der Waals surface area contributed by atoms with Crippen LogP contribution < -0.4 is 9.47 Å². The molecule has 2 aromatic rings. The molecule has 1 aliphatic heterocycles. The van der Waals surface area contributed by atoms with Crippen molar-refractivity contribution in [3.05, 3.63) is 40.6 Å². The van der Waals surface area contributed by atoms with E-state index in [1.54, 1.807) is 41.0 Å². The summed E-state index contributed by atoms with van der Waals surface area (Å²) in [6, 6.07) is 8.98. The van der Waals surface area contributed by atoms with Gasteiger partial charge < -0.3 is 9.47 Å². The number of nitrogens with zero attached hydrogens (tertiary/aromatic N) is 1. The Balaban J connectivity index is 1.83. The normalized spacial score (nSPS) is 19.4. The van der Waals surface area contributed by atoms with Gasteiger partial charge in [0.15, 0.2) is 0 Å². The largest absolute Gasteiger partial charge is 0.497 e. The first-order chi connectivity index (χ1) is 12.1. The van der Waals surface area contributed by atoms with Gasteiger partial charge in [-0.1, -0.05) is 6.07 Å².